The van der Waals surface area contributed by atoms with Crippen molar-refractivity contribution in [1.82, 2.24) is 9.62 Å². The van der Waals surface area contributed by atoms with E-state index >= 15 is 0 Å². The number of carbonyl (C=O) groups is 1. The molecule has 0 bridgehead atoms. The number of hydrogen-bond acceptors (Lipinski definition) is 5. The average molecular weight is 391 g/mol. The summed E-state index contributed by atoms with van der Waals surface area (Å²) in [7, 11) is -3.51. The van der Waals surface area contributed by atoms with Crippen molar-refractivity contribution in [2.75, 3.05) is 25.0 Å². The van der Waals surface area contributed by atoms with E-state index in [2.05, 4.69) is 16.7 Å². The standard InChI is InChI=1S/C19H26N4O3S/c1-19(14-20,15-8-9-15)22-18(24)13-21-16-6-5-7-17(12-16)27(25,26)23-10-3-2-4-11-23/h5-7,12,15,21H,2-4,8-11,13H2,1H3,(H,22,24). The molecule has 146 valence electrons. The molecule has 27 heavy (non-hydrogen) atoms. The van der Waals surface area contributed by atoms with Gasteiger partial charge in [0.2, 0.25) is 15.9 Å². The van der Waals surface area contributed by atoms with Crippen LogP contribution in [0.3, 0.4) is 0 Å². The molecule has 1 unspecified atom stereocenters. The molecule has 1 aromatic rings. The SMILES string of the molecule is CC(C#N)(NC(=O)CNc1cccc(S(=O)(=O)N2CCCCC2)c1)C1CC1. The van der Waals surface area contributed by atoms with Gasteiger partial charge in [0.1, 0.15) is 5.54 Å². The van der Waals surface area contributed by atoms with E-state index in [1.165, 1.54) is 4.31 Å². The molecule has 1 saturated carbocycles. The van der Waals surface area contributed by atoms with Crippen molar-refractivity contribution in [3.8, 4) is 6.07 Å². The lowest BCUT2D eigenvalue weighted by molar-refractivity contribution is -0.120. The first-order valence-corrected chi connectivity index (χ1v) is 10.9. The zero-order chi connectivity index (χ0) is 19.5. The molecule has 0 aromatic heterocycles. The van der Waals surface area contributed by atoms with Crippen molar-refractivity contribution in [2.24, 2.45) is 5.92 Å². The second-order valence-corrected chi connectivity index (χ2v) is 9.42. The number of sulfonamides is 1. The minimum absolute atomic E-state index is 0.0167. The largest absolute Gasteiger partial charge is 0.376 e. The molecule has 7 nitrogen and oxygen atoms in total. The summed E-state index contributed by atoms with van der Waals surface area (Å²) in [5.74, 6) is -0.0697. The molecule has 2 aliphatic rings. The summed E-state index contributed by atoms with van der Waals surface area (Å²) in [5.41, 5.74) is -0.272. The number of rotatable bonds is 7. The summed E-state index contributed by atoms with van der Waals surface area (Å²) < 4.78 is 27.1. The van der Waals surface area contributed by atoms with Crippen molar-refractivity contribution in [2.45, 2.75) is 49.5 Å². The van der Waals surface area contributed by atoms with Crippen LogP contribution in [0.1, 0.15) is 39.0 Å². The van der Waals surface area contributed by atoms with Crippen LogP contribution < -0.4 is 10.6 Å². The maximum atomic E-state index is 12.8. The van der Waals surface area contributed by atoms with E-state index in [1.54, 1.807) is 31.2 Å². The Bertz CT molecular complexity index is 839. The third-order valence-corrected chi connectivity index (χ3v) is 7.16. The molecule has 0 radical (unpaired) electrons. The zero-order valence-corrected chi connectivity index (χ0v) is 16.4. The zero-order valence-electron chi connectivity index (χ0n) is 15.6. The van der Waals surface area contributed by atoms with Crippen molar-refractivity contribution in [3.05, 3.63) is 24.3 Å². The molecule has 0 spiro atoms. The number of piperidine rings is 1. The number of nitriles is 1. The highest BCUT2D eigenvalue weighted by molar-refractivity contribution is 7.89. The minimum atomic E-state index is -3.51. The van der Waals surface area contributed by atoms with E-state index < -0.39 is 15.6 Å². The third-order valence-electron chi connectivity index (χ3n) is 5.27. The Labute approximate surface area is 160 Å². The van der Waals surface area contributed by atoms with Crippen LogP contribution in [-0.2, 0) is 14.8 Å². The Morgan fingerprint density at radius 2 is 2.00 bits per heavy atom. The molecule has 1 aliphatic carbocycles. The van der Waals surface area contributed by atoms with Crippen LogP contribution in [0.4, 0.5) is 5.69 Å². The van der Waals surface area contributed by atoms with E-state index in [0.717, 1.165) is 32.1 Å². The number of carbonyl (C=O) groups excluding carboxylic acids is 1. The van der Waals surface area contributed by atoms with Gasteiger partial charge in [0.05, 0.1) is 17.5 Å². The smallest absolute Gasteiger partial charge is 0.243 e. The van der Waals surface area contributed by atoms with E-state index in [4.69, 9.17) is 0 Å². The fraction of sp³-hybridized carbons (Fsp3) is 0.579. The van der Waals surface area contributed by atoms with Gasteiger partial charge in [-0.05, 0) is 56.7 Å². The maximum absolute atomic E-state index is 12.8. The summed E-state index contributed by atoms with van der Waals surface area (Å²) in [6.45, 7) is 2.83. The molecule has 2 fully saturated rings. The molecule has 1 aliphatic heterocycles. The van der Waals surface area contributed by atoms with Gasteiger partial charge in [-0.15, -0.1) is 0 Å². The Hall–Kier alpha value is -2.11. The first kappa shape index (κ1) is 19.6. The van der Waals surface area contributed by atoms with Crippen molar-refractivity contribution in [1.29, 1.82) is 5.26 Å². The van der Waals surface area contributed by atoms with Gasteiger partial charge < -0.3 is 10.6 Å². The van der Waals surface area contributed by atoms with Crippen LogP contribution in [0, 0.1) is 17.2 Å². The molecule has 1 saturated heterocycles. The number of hydrogen-bond donors (Lipinski definition) is 2. The van der Waals surface area contributed by atoms with Crippen LogP contribution in [0.15, 0.2) is 29.2 Å². The molecule has 1 atom stereocenters. The highest BCUT2D eigenvalue weighted by atomic mass is 32.2. The number of anilines is 1. The second kappa shape index (κ2) is 7.87. The van der Waals surface area contributed by atoms with Gasteiger partial charge in [0, 0.05) is 18.8 Å². The summed E-state index contributed by atoms with van der Waals surface area (Å²) >= 11 is 0. The number of amides is 1. The normalized spacial score (nSPS) is 20.3. The van der Waals surface area contributed by atoms with Gasteiger partial charge in [-0.3, -0.25) is 4.79 Å². The maximum Gasteiger partial charge on any atom is 0.243 e. The first-order chi connectivity index (χ1) is 12.8. The molecule has 1 heterocycles. The lowest BCUT2D eigenvalue weighted by atomic mass is 9.98. The van der Waals surface area contributed by atoms with Crippen LogP contribution in [-0.4, -0.2) is 43.8 Å². The number of benzene rings is 1. The Morgan fingerprint density at radius 1 is 1.30 bits per heavy atom. The molecule has 1 aromatic carbocycles. The highest BCUT2D eigenvalue weighted by Gasteiger charge is 2.42. The van der Waals surface area contributed by atoms with Gasteiger partial charge in [0.25, 0.3) is 0 Å². The third kappa shape index (κ3) is 4.60. The molecule has 3 rings (SSSR count). The summed E-state index contributed by atoms with van der Waals surface area (Å²) in [5, 5.41) is 15.1. The molecular formula is C19H26N4O3S. The highest BCUT2D eigenvalue weighted by Crippen LogP contribution is 2.39. The van der Waals surface area contributed by atoms with E-state index in [0.29, 0.717) is 18.8 Å². The fourth-order valence-corrected chi connectivity index (χ4v) is 4.98. The van der Waals surface area contributed by atoms with Crippen LogP contribution in [0.5, 0.6) is 0 Å². The van der Waals surface area contributed by atoms with Gasteiger partial charge >= 0.3 is 0 Å². The van der Waals surface area contributed by atoms with Crippen LogP contribution in [0.2, 0.25) is 0 Å². The van der Waals surface area contributed by atoms with E-state index in [1.807, 2.05) is 0 Å². The fourth-order valence-electron chi connectivity index (χ4n) is 3.42. The van der Waals surface area contributed by atoms with Crippen LogP contribution in [0.25, 0.3) is 0 Å². The lowest BCUT2D eigenvalue weighted by Crippen LogP contribution is -2.48. The predicted molar refractivity (Wildman–Crippen MR) is 102 cm³/mol. The molecule has 8 heteroatoms. The number of nitrogens with zero attached hydrogens (tertiary/aromatic N) is 2. The summed E-state index contributed by atoms with van der Waals surface area (Å²) in [6, 6.07) is 8.72. The first-order valence-electron chi connectivity index (χ1n) is 9.41. The Balaban J connectivity index is 1.62. The minimum Gasteiger partial charge on any atom is -0.376 e. The molecule has 2 N–H and O–H groups in total. The van der Waals surface area contributed by atoms with Gasteiger partial charge in [-0.2, -0.15) is 9.57 Å². The average Bonchev–Trinajstić information content (AvgIpc) is 3.53. The Kier molecular flexibility index (Phi) is 5.72. The van der Waals surface area contributed by atoms with Crippen molar-refractivity contribution < 1.29 is 13.2 Å². The van der Waals surface area contributed by atoms with Crippen molar-refractivity contribution in [3.63, 3.8) is 0 Å². The monoisotopic (exact) mass is 390 g/mol. The van der Waals surface area contributed by atoms with Crippen molar-refractivity contribution >= 4 is 21.6 Å². The van der Waals surface area contributed by atoms with Gasteiger partial charge in [0.15, 0.2) is 0 Å². The predicted octanol–water partition coefficient (Wildman–Crippen LogP) is 2.08. The second-order valence-electron chi connectivity index (χ2n) is 7.48. The van der Waals surface area contributed by atoms with Gasteiger partial charge in [-0.1, -0.05) is 12.5 Å². The topological polar surface area (TPSA) is 102 Å². The van der Waals surface area contributed by atoms with Gasteiger partial charge in [-0.25, -0.2) is 8.42 Å². The Morgan fingerprint density at radius 3 is 2.63 bits per heavy atom. The van der Waals surface area contributed by atoms with E-state index in [-0.39, 0.29) is 23.3 Å². The lowest BCUT2D eigenvalue weighted by Gasteiger charge is -2.26. The van der Waals surface area contributed by atoms with Crippen LogP contribution >= 0.6 is 0 Å². The van der Waals surface area contributed by atoms with E-state index in [9.17, 15) is 18.5 Å². The quantitative estimate of drug-likeness (QED) is 0.742. The summed E-state index contributed by atoms with van der Waals surface area (Å²) in [6.07, 6.45) is 4.74. The number of nitrogens with one attached hydrogen (secondary N) is 2. The summed E-state index contributed by atoms with van der Waals surface area (Å²) in [4.78, 5) is 12.4. The molecule has 1 amide bonds. The molecular weight excluding hydrogens is 364 g/mol.